The van der Waals surface area contributed by atoms with E-state index in [0.29, 0.717) is 6.54 Å². The van der Waals surface area contributed by atoms with Gasteiger partial charge in [0.1, 0.15) is 5.75 Å². The lowest BCUT2D eigenvalue weighted by molar-refractivity contribution is -0.119. The molecule has 1 aliphatic heterocycles. The van der Waals surface area contributed by atoms with E-state index in [1.54, 1.807) is 14.0 Å². The Bertz CT molecular complexity index is 439. The average Bonchev–Trinajstić information content (AvgIpc) is 2.46. The second kappa shape index (κ2) is 6.06. The number of nitrogens with one attached hydrogen (secondary N) is 1. The molecule has 1 fully saturated rings. The van der Waals surface area contributed by atoms with Gasteiger partial charge in [-0.1, -0.05) is 18.2 Å². The van der Waals surface area contributed by atoms with Crippen LogP contribution in [-0.2, 0) is 14.9 Å². The maximum Gasteiger partial charge on any atom is 0.216 e. The zero-order chi connectivity index (χ0) is 13.7. The third kappa shape index (κ3) is 3.07. The van der Waals surface area contributed by atoms with E-state index >= 15 is 0 Å². The highest BCUT2D eigenvalue weighted by molar-refractivity contribution is 5.73. The van der Waals surface area contributed by atoms with Crippen LogP contribution in [0.5, 0.6) is 5.75 Å². The van der Waals surface area contributed by atoms with E-state index in [-0.39, 0.29) is 11.3 Å². The van der Waals surface area contributed by atoms with Gasteiger partial charge in [0.25, 0.3) is 0 Å². The Kier molecular flexibility index (Phi) is 4.43. The minimum absolute atomic E-state index is 0.000708. The molecule has 1 aromatic rings. The van der Waals surface area contributed by atoms with Gasteiger partial charge in [0.15, 0.2) is 0 Å². The van der Waals surface area contributed by atoms with Gasteiger partial charge >= 0.3 is 0 Å². The summed E-state index contributed by atoms with van der Waals surface area (Å²) in [6, 6.07) is 8.04. The maximum absolute atomic E-state index is 11.2. The van der Waals surface area contributed by atoms with Gasteiger partial charge in [-0.15, -0.1) is 0 Å². The molecule has 1 heterocycles. The van der Waals surface area contributed by atoms with E-state index in [0.717, 1.165) is 37.4 Å². The van der Waals surface area contributed by atoms with Crippen LogP contribution in [0.1, 0.15) is 25.3 Å². The molecule has 0 aromatic heterocycles. The molecule has 0 radical (unpaired) electrons. The van der Waals surface area contributed by atoms with Crippen LogP contribution in [0, 0.1) is 0 Å². The lowest BCUT2D eigenvalue weighted by Gasteiger charge is -2.38. The van der Waals surface area contributed by atoms with E-state index in [4.69, 9.17) is 9.47 Å². The molecule has 4 heteroatoms. The SMILES string of the molecule is COc1ccccc1C1(CNC(C)=O)CCOCC1. The molecule has 0 spiro atoms. The summed E-state index contributed by atoms with van der Waals surface area (Å²) < 4.78 is 10.9. The minimum atomic E-state index is -0.0868. The van der Waals surface area contributed by atoms with Gasteiger partial charge < -0.3 is 14.8 Å². The number of carbonyl (C=O) groups excluding carboxylic acids is 1. The molecule has 0 unspecified atom stereocenters. The molecule has 4 nitrogen and oxygen atoms in total. The average molecular weight is 263 g/mol. The zero-order valence-electron chi connectivity index (χ0n) is 11.6. The highest BCUT2D eigenvalue weighted by Gasteiger charge is 2.36. The maximum atomic E-state index is 11.2. The number of hydrogen-bond donors (Lipinski definition) is 1. The number of methoxy groups -OCH3 is 1. The number of carbonyl (C=O) groups is 1. The van der Waals surface area contributed by atoms with Crippen molar-refractivity contribution in [2.45, 2.75) is 25.2 Å². The Morgan fingerprint density at radius 3 is 2.68 bits per heavy atom. The van der Waals surface area contributed by atoms with Crippen molar-refractivity contribution in [3.8, 4) is 5.75 Å². The standard InChI is InChI=1S/C15H21NO3/c1-12(17)16-11-15(7-9-19-10-8-15)13-5-3-4-6-14(13)18-2/h3-6H,7-11H2,1-2H3,(H,16,17). The summed E-state index contributed by atoms with van der Waals surface area (Å²) in [4.78, 5) is 11.2. The van der Waals surface area contributed by atoms with Crippen molar-refractivity contribution in [3.63, 3.8) is 0 Å². The summed E-state index contributed by atoms with van der Waals surface area (Å²) in [7, 11) is 1.68. The second-order valence-electron chi connectivity index (χ2n) is 5.00. The number of ether oxygens (including phenoxy) is 2. The molecule has 104 valence electrons. The van der Waals surface area contributed by atoms with Crippen LogP contribution in [0.4, 0.5) is 0 Å². The first-order valence-electron chi connectivity index (χ1n) is 6.64. The van der Waals surface area contributed by atoms with Crippen molar-refractivity contribution < 1.29 is 14.3 Å². The van der Waals surface area contributed by atoms with Crippen LogP contribution >= 0.6 is 0 Å². The highest BCUT2D eigenvalue weighted by atomic mass is 16.5. The number of benzene rings is 1. The quantitative estimate of drug-likeness (QED) is 0.902. The summed E-state index contributed by atoms with van der Waals surface area (Å²) >= 11 is 0. The monoisotopic (exact) mass is 263 g/mol. The van der Waals surface area contributed by atoms with Crippen molar-refractivity contribution in [1.82, 2.24) is 5.32 Å². The van der Waals surface area contributed by atoms with Gasteiger partial charge in [0.2, 0.25) is 5.91 Å². The third-order valence-electron chi connectivity index (χ3n) is 3.80. The number of amides is 1. The van der Waals surface area contributed by atoms with Crippen LogP contribution in [-0.4, -0.2) is 32.8 Å². The Morgan fingerprint density at radius 2 is 2.05 bits per heavy atom. The van der Waals surface area contributed by atoms with Crippen molar-refractivity contribution in [2.75, 3.05) is 26.9 Å². The Labute approximate surface area is 114 Å². The van der Waals surface area contributed by atoms with Crippen LogP contribution in [0.25, 0.3) is 0 Å². The Hall–Kier alpha value is -1.55. The largest absolute Gasteiger partial charge is 0.496 e. The molecule has 1 aromatic carbocycles. The molecule has 0 bridgehead atoms. The van der Waals surface area contributed by atoms with Gasteiger partial charge in [0.05, 0.1) is 7.11 Å². The molecule has 1 saturated heterocycles. The van der Waals surface area contributed by atoms with Crippen molar-refractivity contribution in [3.05, 3.63) is 29.8 Å². The third-order valence-corrected chi connectivity index (χ3v) is 3.80. The molecule has 2 rings (SSSR count). The minimum Gasteiger partial charge on any atom is -0.496 e. The second-order valence-corrected chi connectivity index (χ2v) is 5.00. The van der Waals surface area contributed by atoms with E-state index in [2.05, 4.69) is 11.4 Å². The van der Waals surface area contributed by atoms with E-state index < -0.39 is 0 Å². The molecule has 19 heavy (non-hydrogen) atoms. The molecule has 0 aliphatic carbocycles. The first-order valence-corrected chi connectivity index (χ1v) is 6.64. The first kappa shape index (κ1) is 13.9. The van der Waals surface area contributed by atoms with Gasteiger partial charge in [-0.2, -0.15) is 0 Å². The predicted molar refractivity (Wildman–Crippen MR) is 73.4 cm³/mol. The number of hydrogen-bond acceptors (Lipinski definition) is 3. The summed E-state index contributed by atoms with van der Waals surface area (Å²) in [6.07, 6.45) is 1.79. The lowest BCUT2D eigenvalue weighted by Crippen LogP contribution is -2.44. The molecule has 0 saturated carbocycles. The molecule has 1 aliphatic rings. The smallest absolute Gasteiger partial charge is 0.216 e. The van der Waals surface area contributed by atoms with Crippen molar-refractivity contribution in [1.29, 1.82) is 0 Å². The van der Waals surface area contributed by atoms with Crippen LogP contribution in [0.15, 0.2) is 24.3 Å². The number of rotatable bonds is 4. The Balaban J connectivity index is 2.32. The lowest BCUT2D eigenvalue weighted by atomic mass is 9.73. The van der Waals surface area contributed by atoms with E-state index in [1.807, 2.05) is 18.2 Å². The van der Waals surface area contributed by atoms with E-state index in [1.165, 1.54) is 0 Å². The predicted octanol–water partition coefficient (Wildman–Crippen LogP) is 1.88. The van der Waals surface area contributed by atoms with Gasteiger partial charge in [0, 0.05) is 37.7 Å². The molecule has 0 atom stereocenters. The topological polar surface area (TPSA) is 47.6 Å². The van der Waals surface area contributed by atoms with Crippen LogP contribution < -0.4 is 10.1 Å². The highest BCUT2D eigenvalue weighted by Crippen LogP contribution is 2.39. The summed E-state index contributed by atoms with van der Waals surface area (Å²) in [5.41, 5.74) is 1.07. The molecule has 1 amide bonds. The summed E-state index contributed by atoms with van der Waals surface area (Å²) in [6.45, 7) is 3.62. The fraction of sp³-hybridized carbons (Fsp3) is 0.533. The molecular formula is C15H21NO3. The number of para-hydroxylation sites is 1. The summed E-state index contributed by atoms with van der Waals surface area (Å²) in [5, 5.41) is 2.96. The van der Waals surface area contributed by atoms with Gasteiger partial charge in [-0.25, -0.2) is 0 Å². The van der Waals surface area contributed by atoms with Crippen LogP contribution in [0.3, 0.4) is 0 Å². The zero-order valence-corrected chi connectivity index (χ0v) is 11.6. The van der Waals surface area contributed by atoms with E-state index in [9.17, 15) is 4.79 Å². The normalized spacial score (nSPS) is 17.8. The molecule has 1 N–H and O–H groups in total. The molecular weight excluding hydrogens is 242 g/mol. The summed E-state index contributed by atoms with van der Waals surface area (Å²) in [5.74, 6) is 0.885. The van der Waals surface area contributed by atoms with Crippen LogP contribution in [0.2, 0.25) is 0 Å². The fourth-order valence-corrected chi connectivity index (χ4v) is 2.68. The van der Waals surface area contributed by atoms with Crippen molar-refractivity contribution in [2.24, 2.45) is 0 Å². The first-order chi connectivity index (χ1) is 9.18. The van der Waals surface area contributed by atoms with Gasteiger partial charge in [-0.3, -0.25) is 4.79 Å². The van der Waals surface area contributed by atoms with Crippen molar-refractivity contribution >= 4 is 5.91 Å². The Morgan fingerprint density at radius 1 is 1.37 bits per heavy atom. The fourth-order valence-electron chi connectivity index (χ4n) is 2.68. The van der Waals surface area contributed by atoms with Gasteiger partial charge in [-0.05, 0) is 18.9 Å².